The third-order valence-corrected chi connectivity index (χ3v) is 4.45. The van der Waals surface area contributed by atoms with Crippen LogP contribution in [0.2, 0.25) is 0 Å². The topological polar surface area (TPSA) is 125 Å². The molecule has 0 radical (unpaired) electrons. The molecule has 1 fully saturated rings. The largest absolute Gasteiger partial charge is 0.497 e. The molecule has 1 heterocycles. The Morgan fingerprint density at radius 3 is 2.44 bits per heavy atom. The van der Waals surface area contributed by atoms with E-state index in [1.807, 2.05) is 0 Å². The number of ether oxygens (including phenoxy) is 1. The van der Waals surface area contributed by atoms with Crippen LogP contribution in [-0.2, 0) is 19.9 Å². The van der Waals surface area contributed by atoms with Crippen molar-refractivity contribution in [2.45, 2.75) is 38.3 Å². The first-order valence-electron chi connectivity index (χ1n) is 8.53. The number of benzene rings is 1. The molecule has 27 heavy (non-hydrogen) atoms. The Morgan fingerprint density at radius 2 is 1.93 bits per heavy atom. The molecule has 0 spiro atoms. The van der Waals surface area contributed by atoms with Crippen LogP contribution in [0, 0.1) is 0 Å². The quantitative estimate of drug-likeness (QED) is 0.576. The summed E-state index contributed by atoms with van der Waals surface area (Å²) in [5.74, 6) is -1.86. The average molecular weight is 377 g/mol. The molecule has 9 nitrogen and oxygen atoms in total. The maximum atomic E-state index is 12.8. The van der Waals surface area contributed by atoms with E-state index < -0.39 is 41.9 Å². The number of methoxy groups -OCH3 is 1. The minimum Gasteiger partial charge on any atom is -0.497 e. The summed E-state index contributed by atoms with van der Waals surface area (Å²) in [7, 11) is 1.52. The maximum absolute atomic E-state index is 12.8. The summed E-state index contributed by atoms with van der Waals surface area (Å²) < 4.78 is 5.08. The summed E-state index contributed by atoms with van der Waals surface area (Å²) >= 11 is 0. The van der Waals surface area contributed by atoms with Crippen LogP contribution in [0.1, 0.15) is 32.3 Å². The molecule has 3 N–H and O–H groups in total. The zero-order valence-electron chi connectivity index (χ0n) is 15.4. The molecule has 0 aromatic heterocycles. The number of carboxylic acid groups (broad SMARTS) is 1. The van der Waals surface area contributed by atoms with Crippen LogP contribution in [0.5, 0.6) is 5.75 Å². The van der Waals surface area contributed by atoms with Crippen molar-refractivity contribution in [3.8, 4) is 5.75 Å². The van der Waals surface area contributed by atoms with Crippen LogP contribution < -0.4 is 15.4 Å². The number of rotatable bonds is 8. The van der Waals surface area contributed by atoms with Crippen molar-refractivity contribution in [3.05, 3.63) is 29.8 Å². The maximum Gasteiger partial charge on any atom is 0.326 e. The van der Waals surface area contributed by atoms with Gasteiger partial charge < -0.3 is 20.5 Å². The zero-order chi connectivity index (χ0) is 20.2. The van der Waals surface area contributed by atoms with Crippen LogP contribution in [0.15, 0.2) is 24.3 Å². The van der Waals surface area contributed by atoms with Gasteiger partial charge in [0.2, 0.25) is 5.91 Å². The Morgan fingerprint density at radius 1 is 1.30 bits per heavy atom. The third-order valence-electron chi connectivity index (χ3n) is 4.45. The van der Waals surface area contributed by atoms with Crippen LogP contribution in [0.25, 0.3) is 0 Å². The molecule has 2 atom stereocenters. The molecule has 1 aromatic carbocycles. The number of hydrogen-bond acceptors (Lipinski definition) is 5. The molecule has 0 aliphatic carbocycles. The van der Waals surface area contributed by atoms with Gasteiger partial charge in [0.05, 0.1) is 7.11 Å². The van der Waals surface area contributed by atoms with Crippen LogP contribution >= 0.6 is 0 Å². The number of carbonyl (C=O) groups excluding carboxylic acids is 3. The number of nitrogens with zero attached hydrogens (tertiary/aromatic N) is 1. The van der Waals surface area contributed by atoms with Crippen molar-refractivity contribution in [1.82, 2.24) is 15.5 Å². The number of carboxylic acids is 1. The van der Waals surface area contributed by atoms with E-state index in [2.05, 4.69) is 10.6 Å². The summed E-state index contributed by atoms with van der Waals surface area (Å²) in [5, 5.41) is 14.0. The fourth-order valence-electron chi connectivity index (χ4n) is 2.89. The molecule has 1 aliphatic rings. The molecule has 2 unspecified atom stereocenters. The molecule has 4 amide bonds. The highest BCUT2D eigenvalue weighted by atomic mass is 16.5. The van der Waals surface area contributed by atoms with Gasteiger partial charge in [-0.1, -0.05) is 25.5 Å². The summed E-state index contributed by atoms with van der Waals surface area (Å²) in [5.41, 5.74) is -0.779. The molecular weight excluding hydrogens is 354 g/mol. The fraction of sp³-hybridized carbons (Fsp3) is 0.444. The number of nitrogens with one attached hydrogen (secondary N) is 2. The van der Waals surface area contributed by atoms with E-state index in [0.717, 1.165) is 4.90 Å². The van der Waals surface area contributed by atoms with Gasteiger partial charge in [-0.05, 0) is 31.0 Å². The minimum absolute atomic E-state index is 0.255. The minimum atomic E-state index is -1.32. The van der Waals surface area contributed by atoms with E-state index in [1.54, 1.807) is 38.1 Å². The number of urea groups is 1. The van der Waals surface area contributed by atoms with Crippen molar-refractivity contribution >= 4 is 23.8 Å². The Bertz CT molecular complexity index is 748. The van der Waals surface area contributed by atoms with Gasteiger partial charge >= 0.3 is 12.0 Å². The van der Waals surface area contributed by atoms with Crippen molar-refractivity contribution < 1.29 is 29.0 Å². The highest BCUT2D eigenvalue weighted by Gasteiger charge is 2.49. The summed E-state index contributed by atoms with van der Waals surface area (Å²) in [6.07, 6.45) is 0.820. The lowest BCUT2D eigenvalue weighted by Crippen LogP contribution is -2.47. The van der Waals surface area contributed by atoms with Gasteiger partial charge in [-0.25, -0.2) is 9.59 Å². The van der Waals surface area contributed by atoms with Crippen molar-refractivity contribution in [1.29, 1.82) is 0 Å². The Hall–Kier alpha value is -3.10. The van der Waals surface area contributed by atoms with E-state index >= 15 is 0 Å². The van der Waals surface area contributed by atoms with Gasteiger partial charge in [0.25, 0.3) is 5.91 Å². The van der Waals surface area contributed by atoms with Crippen molar-refractivity contribution in [2.24, 2.45) is 0 Å². The molecule has 2 rings (SSSR count). The van der Waals surface area contributed by atoms with Gasteiger partial charge in [-0.15, -0.1) is 0 Å². The molecular formula is C18H23N3O6. The molecule has 1 aromatic rings. The van der Waals surface area contributed by atoms with E-state index in [9.17, 15) is 19.2 Å². The zero-order valence-corrected chi connectivity index (χ0v) is 15.4. The van der Waals surface area contributed by atoms with Crippen LogP contribution in [0.4, 0.5) is 4.79 Å². The molecule has 9 heteroatoms. The predicted molar refractivity (Wildman–Crippen MR) is 95.1 cm³/mol. The third kappa shape index (κ3) is 4.18. The van der Waals surface area contributed by atoms with Crippen LogP contribution in [-0.4, -0.2) is 53.5 Å². The SMILES string of the molecule is CCCC(NC(=O)CN1C(=O)NC(C)(c2ccc(OC)cc2)C1=O)C(=O)O. The molecule has 0 saturated carbocycles. The smallest absolute Gasteiger partial charge is 0.326 e. The van der Waals surface area contributed by atoms with E-state index in [1.165, 1.54) is 7.11 Å². The fourth-order valence-corrected chi connectivity index (χ4v) is 2.89. The standard InChI is InChI=1S/C18H23N3O6/c1-4-5-13(15(23)24)19-14(22)10-21-16(25)18(2,20-17(21)26)11-6-8-12(27-3)9-7-11/h6-9,13H,4-5,10H2,1-3H3,(H,19,22)(H,20,26)(H,23,24). The summed E-state index contributed by atoms with van der Waals surface area (Å²) in [6, 6.07) is 4.87. The number of aliphatic carboxylic acids is 1. The second kappa shape index (κ2) is 8.07. The number of hydrogen-bond donors (Lipinski definition) is 3. The second-order valence-corrected chi connectivity index (χ2v) is 6.42. The molecule has 1 saturated heterocycles. The van der Waals surface area contributed by atoms with Gasteiger partial charge in [0.15, 0.2) is 0 Å². The highest BCUT2D eigenvalue weighted by Crippen LogP contribution is 2.29. The lowest BCUT2D eigenvalue weighted by molar-refractivity contribution is -0.142. The van der Waals surface area contributed by atoms with Gasteiger partial charge in [-0.3, -0.25) is 14.5 Å². The molecule has 0 bridgehead atoms. The summed E-state index contributed by atoms with van der Waals surface area (Å²) in [6.45, 7) is 2.79. The first-order valence-corrected chi connectivity index (χ1v) is 8.53. The lowest BCUT2D eigenvalue weighted by atomic mass is 9.92. The number of carbonyl (C=O) groups is 4. The Kier molecular flexibility index (Phi) is 6.04. The number of imide groups is 1. The lowest BCUT2D eigenvalue weighted by Gasteiger charge is -2.22. The predicted octanol–water partition coefficient (Wildman–Crippen LogP) is 0.832. The Labute approximate surface area is 156 Å². The van der Waals surface area contributed by atoms with E-state index in [-0.39, 0.29) is 6.42 Å². The van der Waals surface area contributed by atoms with Gasteiger partial charge in [-0.2, -0.15) is 0 Å². The normalized spacial score (nSPS) is 20.2. The van der Waals surface area contributed by atoms with Crippen molar-refractivity contribution in [2.75, 3.05) is 13.7 Å². The Balaban J connectivity index is 2.12. The van der Waals surface area contributed by atoms with E-state index in [4.69, 9.17) is 9.84 Å². The van der Waals surface area contributed by atoms with Crippen LogP contribution in [0.3, 0.4) is 0 Å². The van der Waals surface area contributed by atoms with Crippen molar-refractivity contribution in [3.63, 3.8) is 0 Å². The summed E-state index contributed by atoms with van der Waals surface area (Å²) in [4.78, 5) is 49.1. The van der Waals surface area contributed by atoms with Gasteiger partial charge in [0.1, 0.15) is 23.9 Å². The first-order chi connectivity index (χ1) is 12.7. The molecule has 146 valence electrons. The van der Waals surface area contributed by atoms with E-state index in [0.29, 0.717) is 17.7 Å². The first kappa shape index (κ1) is 20.2. The second-order valence-electron chi connectivity index (χ2n) is 6.42. The monoisotopic (exact) mass is 377 g/mol. The van der Waals surface area contributed by atoms with Gasteiger partial charge in [0, 0.05) is 0 Å². The number of amides is 4. The average Bonchev–Trinajstić information content (AvgIpc) is 2.85. The highest BCUT2D eigenvalue weighted by molar-refractivity contribution is 6.09. The molecule has 1 aliphatic heterocycles.